The van der Waals surface area contributed by atoms with Gasteiger partial charge in [0.25, 0.3) is 0 Å². The number of methoxy groups -OCH3 is 1. The van der Waals surface area contributed by atoms with Crippen molar-refractivity contribution in [3.8, 4) is 0 Å². The fourth-order valence-electron chi connectivity index (χ4n) is 1.65. The van der Waals surface area contributed by atoms with E-state index in [0.29, 0.717) is 31.7 Å². The van der Waals surface area contributed by atoms with Crippen LogP contribution >= 0.6 is 0 Å². The van der Waals surface area contributed by atoms with Crippen molar-refractivity contribution in [1.82, 2.24) is 5.32 Å². The fraction of sp³-hybridized carbons (Fsp3) is 0.538. The first kappa shape index (κ1) is 14.1. The molecule has 0 heterocycles. The molecule has 3 nitrogen and oxygen atoms in total. The Bertz CT molecular complexity index is 342. The molecule has 1 rings (SSSR count). The van der Waals surface area contributed by atoms with Gasteiger partial charge in [-0.1, -0.05) is 18.2 Å². The van der Waals surface area contributed by atoms with Gasteiger partial charge in [-0.2, -0.15) is 0 Å². The van der Waals surface area contributed by atoms with Gasteiger partial charge < -0.3 is 15.2 Å². The van der Waals surface area contributed by atoms with E-state index in [1.54, 1.807) is 32.2 Å². The number of hydrogen-bond donors (Lipinski definition) is 2. The Morgan fingerprint density at radius 2 is 2.12 bits per heavy atom. The van der Waals surface area contributed by atoms with Gasteiger partial charge in [0.2, 0.25) is 0 Å². The Morgan fingerprint density at radius 3 is 2.76 bits per heavy atom. The number of nitrogens with one attached hydrogen (secondary N) is 1. The third-order valence-corrected chi connectivity index (χ3v) is 2.52. The Morgan fingerprint density at radius 1 is 1.41 bits per heavy atom. The van der Waals surface area contributed by atoms with Crippen molar-refractivity contribution in [3.63, 3.8) is 0 Å². The van der Waals surface area contributed by atoms with Gasteiger partial charge in [0.1, 0.15) is 5.82 Å². The molecule has 1 unspecified atom stereocenters. The summed E-state index contributed by atoms with van der Waals surface area (Å²) in [5.41, 5.74) is -0.429. The first-order valence-electron chi connectivity index (χ1n) is 5.70. The Balaban J connectivity index is 2.46. The maximum atomic E-state index is 13.4. The predicted molar refractivity (Wildman–Crippen MR) is 65.5 cm³/mol. The van der Waals surface area contributed by atoms with Crippen LogP contribution in [0.3, 0.4) is 0 Å². The van der Waals surface area contributed by atoms with E-state index in [1.165, 1.54) is 6.07 Å². The number of aliphatic hydroxyl groups is 1. The van der Waals surface area contributed by atoms with Crippen molar-refractivity contribution >= 4 is 0 Å². The Kier molecular flexibility index (Phi) is 5.55. The molecular formula is C13H20FNO2. The average Bonchev–Trinajstić information content (AvgIpc) is 2.28. The zero-order chi connectivity index (χ0) is 12.7. The maximum absolute atomic E-state index is 13.4. The summed E-state index contributed by atoms with van der Waals surface area (Å²) in [4.78, 5) is 0. The topological polar surface area (TPSA) is 41.5 Å². The van der Waals surface area contributed by atoms with Gasteiger partial charge in [-0.3, -0.25) is 0 Å². The molecule has 17 heavy (non-hydrogen) atoms. The van der Waals surface area contributed by atoms with Crippen molar-refractivity contribution in [2.45, 2.75) is 18.9 Å². The quantitative estimate of drug-likeness (QED) is 0.708. The van der Waals surface area contributed by atoms with Crippen molar-refractivity contribution < 1.29 is 14.2 Å². The van der Waals surface area contributed by atoms with E-state index in [2.05, 4.69) is 5.32 Å². The van der Waals surface area contributed by atoms with E-state index in [1.807, 2.05) is 0 Å². The van der Waals surface area contributed by atoms with Crippen LogP contribution in [0.15, 0.2) is 24.3 Å². The first-order valence-corrected chi connectivity index (χ1v) is 5.70. The third-order valence-electron chi connectivity index (χ3n) is 2.52. The molecule has 0 saturated carbocycles. The molecule has 1 aromatic rings. The number of benzene rings is 1. The molecule has 0 fully saturated rings. The Labute approximate surface area is 102 Å². The highest BCUT2D eigenvalue weighted by atomic mass is 19.1. The lowest BCUT2D eigenvalue weighted by molar-refractivity contribution is 0.0573. The monoisotopic (exact) mass is 241 g/mol. The molecule has 0 saturated heterocycles. The fourth-order valence-corrected chi connectivity index (χ4v) is 1.65. The van der Waals surface area contributed by atoms with Gasteiger partial charge in [0.05, 0.1) is 12.2 Å². The van der Waals surface area contributed by atoms with Gasteiger partial charge in [0.15, 0.2) is 0 Å². The summed E-state index contributed by atoms with van der Waals surface area (Å²) in [6, 6.07) is 6.51. The van der Waals surface area contributed by atoms with Crippen LogP contribution < -0.4 is 5.32 Å². The summed E-state index contributed by atoms with van der Waals surface area (Å²) in [7, 11) is 1.62. The van der Waals surface area contributed by atoms with E-state index >= 15 is 0 Å². The summed E-state index contributed by atoms with van der Waals surface area (Å²) in [6.07, 6.45) is 0.291. The lowest BCUT2D eigenvalue weighted by Gasteiger charge is -2.24. The van der Waals surface area contributed by atoms with Crippen LogP contribution in [0.25, 0.3) is 0 Å². The van der Waals surface area contributed by atoms with Crippen LogP contribution in [0.4, 0.5) is 4.39 Å². The smallest absolute Gasteiger partial charge is 0.126 e. The van der Waals surface area contributed by atoms with Crippen molar-refractivity contribution in [3.05, 3.63) is 35.6 Å². The molecule has 4 heteroatoms. The average molecular weight is 241 g/mol. The van der Waals surface area contributed by atoms with Crippen LogP contribution in [0.1, 0.15) is 12.5 Å². The van der Waals surface area contributed by atoms with Gasteiger partial charge in [-0.15, -0.1) is 0 Å². The van der Waals surface area contributed by atoms with E-state index in [0.717, 1.165) is 0 Å². The minimum Gasteiger partial charge on any atom is -0.389 e. The van der Waals surface area contributed by atoms with Gasteiger partial charge in [-0.25, -0.2) is 4.39 Å². The first-order chi connectivity index (χ1) is 8.05. The largest absolute Gasteiger partial charge is 0.389 e. The molecule has 0 bridgehead atoms. The molecule has 0 radical (unpaired) electrons. The zero-order valence-electron chi connectivity index (χ0n) is 10.4. The number of rotatable bonds is 7. The number of ether oxygens (including phenoxy) is 1. The normalized spacial score (nSPS) is 14.6. The molecule has 1 atom stereocenters. The SMILES string of the molecule is COCCNCC(C)(O)Cc1ccccc1F. The number of hydrogen-bond acceptors (Lipinski definition) is 3. The van der Waals surface area contributed by atoms with Gasteiger partial charge >= 0.3 is 0 Å². The molecule has 0 aliphatic rings. The summed E-state index contributed by atoms with van der Waals surface area (Å²) in [5.74, 6) is -0.273. The molecule has 0 aliphatic heterocycles. The molecular weight excluding hydrogens is 221 g/mol. The highest BCUT2D eigenvalue weighted by Gasteiger charge is 2.21. The molecule has 2 N–H and O–H groups in total. The number of halogens is 1. The van der Waals surface area contributed by atoms with Crippen LogP contribution in [0, 0.1) is 5.82 Å². The minimum absolute atomic E-state index is 0.273. The highest BCUT2D eigenvalue weighted by molar-refractivity contribution is 5.19. The van der Waals surface area contributed by atoms with E-state index in [-0.39, 0.29) is 5.82 Å². The summed E-state index contributed by atoms with van der Waals surface area (Å²) in [6.45, 7) is 3.36. The lowest BCUT2D eigenvalue weighted by Crippen LogP contribution is -2.41. The molecule has 1 aromatic carbocycles. The molecule has 0 aromatic heterocycles. The summed E-state index contributed by atoms with van der Waals surface area (Å²) >= 11 is 0. The lowest BCUT2D eigenvalue weighted by atomic mass is 9.96. The van der Waals surface area contributed by atoms with Crippen molar-refractivity contribution in [2.75, 3.05) is 26.8 Å². The van der Waals surface area contributed by atoms with Crippen LogP contribution in [0.5, 0.6) is 0 Å². The van der Waals surface area contributed by atoms with E-state index in [4.69, 9.17) is 4.74 Å². The van der Waals surface area contributed by atoms with Crippen LogP contribution in [0.2, 0.25) is 0 Å². The molecule has 0 aliphatic carbocycles. The predicted octanol–water partition coefficient (Wildman–Crippen LogP) is 1.36. The van der Waals surface area contributed by atoms with Crippen LogP contribution in [-0.2, 0) is 11.2 Å². The molecule has 0 amide bonds. The van der Waals surface area contributed by atoms with E-state index < -0.39 is 5.60 Å². The second-order valence-corrected chi connectivity index (χ2v) is 4.43. The second-order valence-electron chi connectivity index (χ2n) is 4.43. The molecule has 96 valence electrons. The maximum Gasteiger partial charge on any atom is 0.126 e. The summed E-state index contributed by atoms with van der Waals surface area (Å²) in [5, 5.41) is 13.2. The molecule has 0 spiro atoms. The standard InChI is InChI=1S/C13H20FNO2/c1-13(16,10-15-7-8-17-2)9-11-5-3-4-6-12(11)14/h3-6,15-16H,7-10H2,1-2H3. The van der Waals surface area contributed by atoms with Crippen molar-refractivity contribution in [2.24, 2.45) is 0 Å². The van der Waals surface area contributed by atoms with Gasteiger partial charge in [-0.05, 0) is 18.6 Å². The zero-order valence-corrected chi connectivity index (χ0v) is 10.4. The summed E-state index contributed by atoms with van der Waals surface area (Å²) < 4.78 is 18.3. The minimum atomic E-state index is -0.962. The van der Waals surface area contributed by atoms with Gasteiger partial charge in [0, 0.05) is 26.6 Å². The Hall–Kier alpha value is -0.970. The van der Waals surface area contributed by atoms with Crippen molar-refractivity contribution in [1.29, 1.82) is 0 Å². The highest BCUT2D eigenvalue weighted by Crippen LogP contribution is 2.15. The van der Waals surface area contributed by atoms with Crippen LogP contribution in [-0.4, -0.2) is 37.5 Å². The third kappa shape index (κ3) is 5.26. The van der Waals surface area contributed by atoms with E-state index in [9.17, 15) is 9.50 Å². The second kappa shape index (κ2) is 6.69.